The molecule has 134 valence electrons. The van der Waals surface area contributed by atoms with Crippen molar-refractivity contribution in [2.24, 2.45) is 4.99 Å². The van der Waals surface area contributed by atoms with Crippen molar-refractivity contribution < 1.29 is 4.74 Å². The monoisotopic (exact) mass is 350 g/mol. The van der Waals surface area contributed by atoms with Gasteiger partial charge >= 0.3 is 0 Å². The maximum absolute atomic E-state index is 5.66. The molecule has 3 rings (SSSR count). The molecule has 26 heavy (non-hydrogen) atoms. The number of hydrogen-bond donors (Lipinski definition) is 2. The van der Waals surface area contributed by atoms with Crippen LogP contribution in [0.25, 0.3) is 5.82 Å². The van der Waals surface area contributed by atoms with Crippen LogP contribution in [0.3, 0.4) is 0 Å². The third kappa shape index (κ3) is 5.07. The van der Waals surface area contributed by atoms with E-state index in [1.54, 1.807) is 25.8 Å². The van der Waals surface area contributed by atoms with E-state index in [1.807, 2.05) is 53.2 Å². The maximum Gasteiger partial charge on any atom is 0.191 e. The van der Waals surface area contributed by atoms with Crippen molar-refractivity contribution in [1.29, 1.82) is 0 Å². The Morgan fingerprint density at radius 1 is 1.15 bits per heavy atom. The van der Waals surface area contributed by atoms with E-state index in [0.717, 1.165) is 23.1 Å². The fraction of sp³-hybridized carbons (Fsp3) is 0.211. The molecule has 0 spiro atoms. The van der Waals surface area contributed by atoms with Gasteiger partial charge in [-0.3, -0.25) is 9.56 Å². The van der Waals surface area contributed by atoms with Crippen LogP contribution in [0.4, 0.5) is 0 Å². The number of nitrogens with zero attached hydrogens (tertiary/aromatic N) is 4. The molecule has 0 radical (unpaired) electrons. The summed E-state index contributed by atoms with van der Waals surface area (Å²) in [5.74, 6) is 2.42. The largest absolute Gasteiger partial charge is 0.492 e. The van der Waals surface area contributed by atoms with E-state index >= 15 is 0 Å². The number of rotatable bonds is 7. The highest BCUT2D eigenvalue weighted by Gasteiger charge is 2.02. The molecule has 0 atom stereocenters. The van der Waals surface area contributed by atoms with Gasteiger partial charge in [0, 0.05) is 32.2 Å². The van der Waals surface area contributed by atoms with Crippen LogP contribution in [-0.2, 0) is 6.54 Å². The lowest BCUT2D eigenvalue weighted by atomic mass is 10.2. The normalized spacial score (nSPS) is 11.2. The first-order chi connectivity index (χ1) is 12.8. The van der Waals surface area contributed by atoms with Gasteiger partial charge in [0.25, 0.3) is 0 Å². The molecule has 7 nitrogen and oxygen atoms in total. The van der Waals surface area contributed by atoms with Gasteiger partial charge in [-0.1, -0.05) is 18.2 Å². The maximum atomic E-state index is 5.66. The molecular formula is C19H22N6O. The third-order valence-corrected chi connectivity index (χ3v) is 3.67. The van der Waals surface area contributed by atoms with Crippen molar-refractivity contribution in [3.05, 3.63) is 72.9 Å². The Hall–Kier alpha value is -3.35. The van der Waals surface area contributed by atoms with Crippen LogP contribution in [0, 0.1) is 0 Å². The van der Waals surface area contributed by atoms with Gasteiger partial charge in [0.1, 0.15) is 24.5 Å². The summed E-state index contributed by atoms with van der Waals surface area (Å²) in [5.41, 5.74) is 1.10. The topological polar surface area (TPSA) is 76.4 Å². The Kier molecular flexibility index (Phi) is 6.19. The number of ether oxygens (including phenoxy) is 1. The number of imidazole rings is 1. The van der Waals surface area contributed by atoms with E-state index in [4.69, 9.17) is 4.74 Å². The molecule has 2 N–H and O–H groups in total. The molecule has 1 aromatic carbocycles. The van der Waals surface area contributed by atoms with E-state index in [-0.39, 0.29) is 0 Å². The summed E-state index contributed by atoms with van der Waals surface area (Å²) in [4.78, 5) is 12.6. The second-order valence-corrected chi connectivity index (χ2v) is 5.51. The van der Waals surface area contributed by atoms with Gasteiger partial charge in [-0.25, -0.2) is 9.97 Å². The lowest BCUT2D eigenvalue weighted by Crippen LogP contribution is -2.38. The van der Waals surface area contributed by atoms with E-state index in [1.165, 1.54) is 0 Å². The Morgan fingerprint density at radius 3 is 2.81 bits per heavy atom. The summed E-state index contributed by atoms with van der Waals surface area (Å²) >= 11 is 0. The van der Waals surface area contributed by atoms with Crippen molar-refractivity contribution in [3.8, 4) is 11.6 Å². The number of para-hydroxylation sites is 1. The van der Waals surface area contributed by atoms with Crippen molar-refractivity contribution in [3.63, 3.8) is 0 Å². The quantitative estimate of drug-likeness (QED) is 0.387. The predicted molar refractivity (Wildman–Crippen MR) is 101 cm³/mol. The average molecular weight is 350 g/mol. The molecule has 2 aromatic heterocycles. The predicted octanol–water partition coefficient (Wildman–Crippen LogP) is 2.01. The number of nitrogens with one attached hydrogen (secondary N) is 2. The molecule has 0 aliphatic rings. The second-order valence-electron chi connectivity index (χ2n) is 5.51. The van der Waals surface area contributed by atoms with Crippen LogP contribution in [-0.4, -0.2) is 40.7 Å². The number of guanidine groups is 1. The van der Waals surface area contributed by atoms with Crippen molar-refractivity contribution in [1.82, 2.24) is 25.2 Å². The van der Waals surface area contributed by atoms with Gasteiger partial charge < -0.3 is 15.4 Å². The zero-order chi connectivity index (χ0) is 18.0. The van der Waals surface area contributed by atoms with Crippen LogP contribution in [0.15, 0.2) is 72.4 Å². The molecule has 3 aromatic rings. The Morgan fingerprint density at radius 2 is 2.04 bits per heavy atom. The minimum atomic E-state index is 0.560. The molecule has 0 fully saturated rings. The summed E-state index contributed by atoms with van der Waals surface area (Å²) < 4.78 is 7.53. The Balaban J connectivity index is 1.45. The Labute approximate surface area is 152 Å². The number of hydrogen-bond acceptors (Lipinski definition) is 4. The molecule has 0 saturated carbocycles. The molecule has 0 unspecified atom stereocenters. The highest BCUT2D eigenvalue weighted by molar-refractivity contribution is 5.79. The second kappa shape index (κ2) is 9.22. The molecule has 0 amide bonds. The van der Waals surface area contributed by atoms with E-state index < -0.39 is 0 Å². The molecule has 7 heteroatoms. The average Bonchev–Trinajstić information content (AvgIpc) is 3.23. The Bertz CT molecular complexity index is 817. The fourth-order valence-corrected chi connectivity index (χ4v) is 2.37. The summed E-state index contributed by atoms with van der Waals surface area (Å²) in [6.45, 7) is 1.86. The van der Waals surface area contributed by atoms with Crippen molar-refractivity contribution >= 4 is 5.96 Å². The minimum absolute atomic E-state index is 0.560. The summed E-state index contributed by atoms with van der Waals surface area (Å²) in [7, 11) is 1.75. The zero-order valence-electron chi connectivity index (χ0n) is 14.7. The fourth-order valence-electron chi connectivity index (χ4n) is 2.37. The highest BCUT2D eigenvalue weighted by atomic mass is 16.5. The summed E-state index contributed by atoms with van der Waals surface area (Å²) in [6, 6.07) is 13.7. The van der Waals surface area contributed by atoms with Gasteiger partial charge in [-0.05, 0) is 29.8 Å². The van der Waals surface area contributed by atoms with Gasteiger partial charge in [0.2, 0.25) is 0 Å². The molecular weight excluding hydrogens is 328 g/mol. The lowest BCUT2D eigenvalue weighted by Gasteiger charge is -2.13. The van der Waals surface area contributed by atoms with Crippen molar-refractivity contribution in [2.45, 2.75) is 6.54 Å². The third-order valence-electron chi connectivity index (χ3n) is 3.67. The van der Waals surface area contributed by atoms with Gasteiger partial charge in [0.05, 0.1) is 6.54 Å². The van der Waals surface area contributed by atoms with E-state index in [0.29, 0.717) is 19.7 Å². The van der Waals surface area contributed by atoms with E-state index in [2.05, 4.69) is 25.6 Å². The zero-order valence-corrected chi connectivity index (χ0v) is 14.7. The molecule has 0 saturated heterocycles. The van der Waals surface area contributed by atoms with Crippen LogP contribution in [0.5, 0.6) is 5.75 Å². The standard InChI is InChI=1S/C19H22N6O/c1-20-19(23-10-12-26-17-5-3-2-4-6-17)24-14-16-7-8-22-18(13-16)25-11-9-21-15-25/h2-9,11,13,15H,10,12,14H2,1H3,(H2,20,23,24). The first-order valence-electron chi connectivity index (χ1n) is 8.41. The number of aliphatic imine (C=N–C) groups is 1. The first kappa shape index (κ1) is 17.5. The van der Waals surface area contributed by atoms with Crippen LogP contribution >= 0.6 is 0 Å². The molecule has 0 aliphatic carbocycles. The summed E-state index contributed by atoms with van der Waals surface area (Å²) in [5, 5.41) is 6.52. The van der Waals surface area contributed by atoms with Crippen molar-refractivity contribution in [2.75, 3.05) is 20.2 Å². The first-order valence-corrected chi connectivity index (χ1v) is 8.41. The molecule has 0 aliphatic heterocycles. The van der Waals surface area contributed by atoms with Crippen LogP contribution < -0.4 is 15.4 Å². The SMILES string of the molecule is CN=C(NCCOc1ccccc1)NCc1ccnc(-n2ccnc2)c1. The highest BCUT2D eigenvalue weighted by Crippen LogP contribution is 2.08. The van der Waals surface area contributed by atoms with Crippen LogP contribution in [0.2, 0.25) is 0 Å². The van der Waals surface area contributed by atoms with Gasteiger partial charge in [-0.15, -0.1) is 0 Å². The number of aromatic nitrogens is 3. The number of pyridine rings is 1. The molecule has 0 bridgehead atoms. The van der Waals surface area contributed by atoms with Crippen LogP contribution in [0.1, 0.15) is 5.56 Å². The number of benzene rings is 1. The van der Waals surface area contributed by atoms with Gasteiger partial charge in [-0.2, -0.15) is 0 Å². The smallest absolute Gasteiger partial charge is 0.191 e. The van der Waals surface area contributed by atoms with Gasteiger partial charge in [0.15, 0.2) is 5.96 Å². The molecule has 2 heterocycles. The summed E-state index contributed by atoms with van der Waals surface area (Å²) in [6.07, 6.45) is 7.12. The minimum Gasteiger partial charge on any atom is -0.492 e. The van der Waals surface area contributed by atoms with E-state index in [9.17, 15) is 0 Å². The lowest BCUT2D eigenvalue weighted by molar-refractivity contribution is 0.322.